The van der Waals surface area contributed by atoms with Gasteiger partial charge in [0.15, 0.2) is 0 Å². The highest BCUT2D eigenvalue weighted by molar-refractivity contribution is 7.89. The molecule has 0 amide bonds. The first-order valence-corrected chi connectivity index (χ1v) is 11.0. The number of sulfonamides is 1. The van der Waals surface area contributed by atoms with Gasteiger partial charge in [0.2, 0.25) is 10.0 Å². The molecule has 0 aliphatic carbocycles. The summed E-state index contributed by atoms with van der Waals surface area (Å²) in [6.07, 6.45) is 3.16. The highest BCUT2D eigenvalue weighted by Gasteiger charge is 2.31. The average molecular weight is 427 g/mol. The van der Waals surface area contributed by atoms with Crippen molar-refractivity contribution in [2.24, 2.45) is 0 Å². The zero-order valence-corrected chi connectivity index (χ0v) is 17.2. The van der Waals surface area contributed by atoms with E-state index < -0.39 is 14.9 Å². The fraction of sp³-hybridized carbons (Fsp3) is 0.250. The van der Waals surface area contributed by atoms with Crippen molar-refractivity contribution < 1.29 is 13.3 Å². The summed E-state index contributed by atoms with van der Waals surface area (Å²) >= 11 is 0. The second-order valence-corrected chi connectivity index (χ2v) is 8.97. The van der Waals surface area contributed by atoms with Gasteiger partial charge in [0.1, 0.15) is 4.90 Å². The lowest BCUT2D eigenvalue weighted by Crippen LogP contribution is -2.28. The van der Waals surface area contributed by atoms with Crippen LogP contribution in [0.1, 0.15) is 18.5 Å². The van der Waals surface area contributed by atoms with Crippen LogP contribution in [0.4, 0.5) is 17.1 Å². The minimum atomic E-state index is -3.86. The van der Waals surface area contributed by atoms with E-state index in [1.807, 2.05) is 37.3 Å². The number of hydrogen-bond acceptors (Lipinski definition) is 6. The summed E-state index contributed by atoms with van der Waals surface area (Å²) < 4.78 is 29.5. The van der Waals surface area contributed by atoms with Gasteiger partial charge in [0, 0.05) is 25.2 Å². The van der Waals surface area contributed by atoms with Gasteiger partial charge in [-0.3, -0.25) is 10.1 Å². The van der Waals surface area contributed by atoms with Crippen LogP contribution in [0.3, 0.4) is 0 Å². The Labute approximate surface area is 174 Å². The molecule has 1 aliphatic rings. The predicted molar refractivity (Wildman–Crippen MR) is 113 cm³/mol. The van der Waals surface area contributed by atoms with Crippen LogP contribution in [-0.4, -0.2) is 40.5 Å². The van der Waals surface area contributed by atoms with Gasteiger partial charge in [-0.15, -0.1) is 0 Å². The highest BCUT2D eigenvalue weighted by atomic mass is 32.2. The van der Waals surface area contributed by atoms with Gasteiger partial charge in [-0.25, -0.2) is 13.1 Å². The summed E-state index contributed by atoms with van der Waals surface area (Å²) in [5.74, 6) is 0. The van der Waals surface area contributed by atoms with E-state index in [9.17, 15) is 18.5 Å². The molecule has 4 rings (SSSR count). The van der Waals surface area contributed by atoms with Gasteiger partial charge in [-0.1, -0.05) is 18.2 Å². The lowest BCUT2D eigenvalue weighted by molar-refractivity contribution is -0.385. The fourth-order valence-corrected chi connectivity index (χ4v) is 5.20. The van der Waals surface area contributed by atoms with Gasteiger partial charge >= 0.3 is 0 Å². The standard InChI is InChI=1S/C20H21N5O4S/c1-15-19(14-21-24(15)16-7-3-2-4-8-16)22-18-10-9-17(25(26)27)13-20(18)30(28,29)23-11-5-6-12-23/h2-4,7-10,13-14,22H,5-6,11-12H2,1H3. The summed E-state index contributed by atoms with van der Waals surface area (Å²) in [7, 11) is -3.86. The maximum absolute atomic E-state index is 13.2. The monoisotopic (exact) mass is 427 g/mol. The Bertz CT molecular complexity index is 1190. The Hall–Kier alpha value is -3.24. The van der Waals surface area contributed by atoms with Crippen LogP contribution in [0.5, 0.6) is 0 Å². The van der Waals surface area contributed by atoms with E-state index in [0.717, 1.165) is 30.3 Å². The lowest BCUT2D eigenvalue weighted by atomic mass is 10.2. The normalized spacial score (nSPS) is 14.7. The fourth-order valence-electron chi connectivity index (χ4n) is 3.52. The summed E-state index contributed by atoms with van der Waals surface area (Å²) in [4.78, 5) is 10.6. The molecule has 156 valence electrons. The molecule has 0 unspecified atom stereocenters. The van der Waals surface area contributed by atoms with Crippen molar-refractivity contribution in [1.29, 1.82) is 0 Å². The Morgan fingerprint density at radius 1 is 1.07 bits per heavy atom. The summed E-state index contributed by atoms with van der Waals surface area (Å²) in [6.45, 7) is 2.69. The van der Waals surface area contributed by atoms with Gasteiger partial charge in [-0.05, 0) is 38.0 Å². The molecule has 9 nitrogen and oxygen atoms in total. The highest BCUT2D eigenvalue weighted by Crippen LogP contribution is 2.33. The zero-order valence-electron chi connectivity index (χ0n) is 16.4. The number of hydrogen-bond donors (Lipinski definition) is 1. The molecule has 0 saturated carbocycles. The van der Waals surface area contributed by atoms with Gasteiger partial charge in [0.05, 0.1) is 33.9 Å². The van der Waals surface area contributed by atoms with E-state index in [1.165, 1.54) is 16.4 Å². The third-order valence-electron chi connectivity index (χ3n) is 5.14. The first kappa shape index (κ1) is 20.0. The van der Waals surface area contributed by atoms with Gasteiger partial charge in [-0.2, -0.15) is 9.40 Å². The number of nitrogens with one attached hydrogen (secondary N) is 1. The maximum atomic E-state index is 13.2. The number of non-ortho nitro benzene ring substituents is 1. The van der Waals surface area contributed by atoms with Crippen LogP contribution in [0.15, 0.2) is 59.6 Å². The Morgan fingerprint density at radius 3 is 2.43 bits per heavy atom. The summed E-state index contributed by atoms with van der Waals surface area (Å²) in [5, 5.41) is 18.7. The third-order valence-corrected chi connectivity index (χ3v) is 7.08. The van der Waals surface area contributed by atoms with Crippen molar-refractivity contribution in [2.45, 2.75) is 24.7 Å². The molecular weight excluding hydrogens is 406 g/mol. The van der Waals surface area contributed by atoms with Crippen molar-refractivity contribution in [3.63, 3.8) is 0 Å². The number of nitro groups is 1. The molecule has 1 aromatic heterocycles. The molecule has 1 saturated heterocycles. The molecule has 1 fully saturated rings. The van der Waals surface area contributed by atoms with E-state index in [2.05, 4.69) is 10.4 Å². The number of anilines is 2. The van der Waals surface area contributed by atoms with Crippen LogP contribution >= 0.6 is 0 Å². The first-order valence-electron chi connectivity index (χ1n) is 9.53. The van der Waals surface area contributed by atoms with Crippen molar-refractivity contribution in [3.05, 3.63) is 70.5 Å². The molecule has 0 spiro atoms. The second kappa shape index (κ2) is 7.88. The SMILES string of the molecule is Cc1c(Nc2ccc([N+](=O)[O-])cc2S(=O)(=O)N2CCCC2)cnn1-c1ccccc1. The molecule has 0 radical (unpaired) electrons. The quantitative estimate of drug-likeness (QED) is 0.475. The van der Waals surface area contributed by atoms with Crippen LogP contribution in [0.2, 0.25) is 0 Å². The number of rotatable bonds is 6. The average Bonchev–Trinajstić information content (AvgIpc) is 3.40. The van der Waals surface area contributed by atoms with Crippen molar-refractivity contribution >= 4 is 27.1 Å². The van der Waals surface area contributed by atoms with Crippen LogP contribution < -0.4 is 5.32 Å². The molecule has 3 aromatic rings. The van der Waals surface area contributed by atoms with Crippen molar-refractivity contribution in [3.8, 4) is 5.69 Å². The van der Waals surface area contributed by atoms with Crippen LogP contribution in [-0.2, 0) is 10.0 Å². The van der Waals surface area contributed by atoms with Crippen molar-refractivity contribution in [2.75, 3.05) is 18.4 Å². The van der Waals surface area contributed by atoms with E-state index in [0.29, 0.717) is 18.8 Å². The number of aromatic nitrogens is 2. The summed E-state index contributed by atoms with van der Waals surface area (Å²) in [5.41, 5.74) is 2.28. The number of benzene rings is 2. The smallest absolute Gasteiger partial charge is 0.270 e. The molecule has 0 atom stereocenters. The lowest BCUT2D eigenvalue weighted by Gasteiger charge is -2.18. The van der Waals surface area contributed by atoms with E-state index in [1.54, 1.807) is 10.9 Å². The summed E-state index contributed by atoms with van der Waals surface area (Å²) in [6, 6.07) is 13.4. The molecule has 30 heavy (non-hydrogen) atoms. The largest absolute Gasteiger partial charge is 0.352 e. The minimum absolute atomic E-state index is 0.106. The Morgan fingerprint density at radius 2 is 1.77 bits per heavy atom. The zero-order chi connectivity index (χ0) is 21.3. The third kappa shape index (κ3) is 3.66. The second-order valence-electron chi connectivity index (χ2n) is 7.06. The van der Waals surface area contributed by atoms with Gasteiger partial charge < -0.3 is 5.32 Å². The number of nitrogens with zero attached hydrogens (tertiary/aromatic N) is 4. The topological polar surface area (TPSA) is 110 Å². The maximum Gasteiger partial charge on any atom is 0.270 e. The predicted octanol–water partition coefficient (Wildman–Crippen LogP) is 3.62. The molecular formula is C20H21N5O4S. The van der Waals surface area contributed by atoms with Crippen LogP contribution in [0.25, 0.3) is 5.69 Å². The molecule has 10 heteroatoms. The Kier molecular flexibility index (Phi) is 5.27. The Balaban J connectivity index is 1.75. The molecule has 0 bridgehead atoms. The van der Waals surface area contributed by atoms with Gasteiger partial charge in [0.25, 0.3) is 5.69 Å². The number of nitro benzene ring substituents is 1. The van der Waals surface area contributed by atoms with Crippen molar-refractivity contribution in [1.82, 2.24) is 14.1 Å². The number of para-hydroxylation sites is 1. The molecule has 1 aliphatic heterocycles. The van der Waals surface area contributed by atoms with E-state index in [4.69, 9.17) is 0 Å². The van der Waals surface area contributed by atoms with Crippen LogP contribution in [0, 0.1) is 17.0 Å². The van der Waals surface area contributed by atoms with E-state index in [-0.39, 0.29) is 16.3 Å². The molecule has 1 N–H and O–H groups in total. The molecule has 2 aromatic carbocycles. The van der Waals surface area contributed by atoms with E-state index >= 15 is 0 Å². The molecule has 2 heterocycles. The first-order chi connectivity index (χ1) is 14.4. The minimum Gasteiger partial charge on any atom is -0.352 e.